The van der Waals surface area contributed by atoms with E-state index in [1.807, 2.05) is 31.3 Å². The molecule has 2 unspecified atom stereocenters. The molecule has 8 heteroatoms. The summed E-state index contributed by atoms with van der Waals surface area (Å²) in [6.45, 7) is 7.35. The predicted molar refractivity (Wildman–Crippen MR) is 116 cm³/mol. The summed E-state index contributed by atoms with van der Waals surface area (Å²) in [6.07, 6.45) is 6.37. The SMILES string of the molecule is CCCN(C)C(=O)c1ccc(OCCCN2CC3CCCC3C2)cc1.O=C(O)C(=O)O. The summed E-state index contributed by atoms with van der Waals surface area (Å²) in [6, 6.07) is 7.55. The van der Waals surface area contributed by atoms with Crippen molar-refractivity contribution in [2.75, 3.05) is 39.8 Å². The highest BCUT2D eigenvalue weighted by Gasteiger charge is 2.35. The Balaban J connectivity index is 0.000000501. The summed E-state index contributed by atoms with van der Waals surface area (Å²) in [5.41, 5.74) is 0.729. The first-order valence-corrected chi connectivity index (χ1v) is 11.0. The molecule has 1 heterocycles. The molecule has 8 nitrogen and oxygen atoms in total. The van der Waals surface area contributed by atoms with Crippen LogP contribution in [0.5, 0.6) is 5.75 Å². The van der Waals surface area contributed by atoms with Crippen LogP contribution in [0, 0.1) is 11.8 Å². The smallest absolute Gasteiger partial charge is 0.414 e. The number of hydrogen-bond donors (Lipinski definition) is 2. The zero-order chi connectivity index (χ0) is 22.8. The summed E-state index contributed by atoms with van der Waals surface area (Å²) in [5.74, 6) is -0.778. The predicted octanol–water partition coefficient (Wildman–Crippen LogP) is 2.83. The van der Waals surface area contributed by atoms with Gasteiger partial charge in [-0.3, -0.25) is 4.79 Å². The zero-order valence-corrected chi connectivity index (χ0v) is 18.5. The summed E-state index contributed by atoms with van der Waals surface area (Å²) >= 11 is 0. The lowest BCUT2D eigenvalue weighted by Gasteiger charge is -2.17. The molecule has 2 atom stereocenters. The number of nitrogens with zero attached hydrogens (tertiary/aromatic N) is 2. The van der Waals surface area contributed by atoms with Crippen LogP contribution in [0.3, 0.4) is 0 Å². The molecule has 2 aliphatic rings. The number of carbonyl (C=O) groups is 3. The molecule has 1 aromatic rings. The summed E-state index contributed by atoms with van der Waals surface area (Å²) in [7, 11) is 1.85. The van der Waals surface area contributed by atoms with E-state index in [0.717, 1.165) is 55.7 Å². The lowest BCUT2D eigenvalue weighted by molar-refractivity contribution is -0.159. The minimum absolute atomic E-state index is 0.0768. The van der Waals surface area contributed by atoms with Gasteiger partial charge in [0.25, 0.3) is 5.91 Å². The van der Waals surface area contributed by atoms with Gasteiger partial charge in [-0.15, -0.1) is 0 Å². The van der Waals surface area contributed by atoms with Gasteiger partial charge >= 0.3 is 11.9 Å². The van der Waals surface area contributed by atoms with Crippen molar-refractivity contribution >= 4 is 17.8 Å². The lowest BCUT2D eigenvalue weighted by atomic mass is 10.0. The van der Waals surface area contributed by atoms with Crippen LogP contribution in [0.4, 0.5) is 0 Å². The number of hydrogen-bond acceptors (Lipinski definition) is 5. The first kappa shape index (κ1) is 24.7. The Morgan fingerprint density at radius 1 is 1.06 bits per heavy atom. The normalized spacial score (nSPS) is 19.8. The van der Waals surface area contributed by atoms with Crippen molar-refractivity contribution in [2.45, 2.75) is 39.0 Å². The Hall–Kier alpha value is -2.61. The molecule has 2 N–H and O–H groups in total. The molecule has 1 amide bonds. The number of carbonyl (C=O) groups excluding carboxylic acids is 1. The Morgan fingerprint density at radius 2 is 1.65 bits per heavy atom. The number of likely N-dealkylation sites (tertiary alicyclic amines) is 1. The minimum atomic E-state index is -1.82. The van der Waals surface area contributed by atoms with Crippen LogP contribution < -0.4 is 4.74 Å². The van der Waals surface area contributed by atoms with Gasteiger partial charge in [-0.1, -0.05) is 13.3 Å². The number of benzene rings is 1. The number of aliphatic carboxylic acids is 2. The number of ether oxygens (including phenoxy) is 1. The van der Waals surface area contributed by atoms with Crippen LogP contribution in [-0.4, -0.2) is 77.7 Å². The fraction of sp³-hybridized carbons (Fsp3) is 0.609. The summed E-state index contributed by atoms with van der Waals surface area (Å²) in [4.78, 5) is 34.8. The summed E-state index contributed by atoms with van der Waals surface area (Å²) < 4.78 is 5.85. The van der Waals surface area contributed by atoms with Crippen LogP contribution >= 0.6 is 0 Å². The Labute approximate surface area is 183 Å². The minimum Gasteiger partial charge on any atom is -0.494 e. The molecule has 0 radical (unpaired) electrons. The molecular formula is C23H34N2O6. The lowest BCUT2D eigenvalue weighted by Crippen LogP contribution is -2.27. The third-order valence-electron chi connectivity index (χ3n) is 5.88. The monoisotopic (exact) mass is 434 g/mol. The van der Waals surface area contributed by atoms with E-state index in [4.69, 9.17) is 24.5 Å². The maximum absolute atomic E-state index is 12.2. The highest BCUT2D eigenvalue weighted by molar-refractivity contribution is 6.27. The van der Waals surface area contributed by atoms with Gasteiger partial charge in [0.15, 0.2) is 0 Å². The topological polar surface area (TPSA) is 107 Å². The van der Waals surface area contributed by atoms with E-state index >= 15 is 0 Å². The van der Waals surface area contributed by atoms with Gasteiger partial charge in [0.2, 0.25) is 0 Å². The van der Waals surface area contributed by atoms with Gasteiger partial charge in [0, 0.05) is 38.8 Å². The third-order valence-corrected chi connectivity index (χ3v) is 5.88. The quantitative estimate of drug-likeness (QED) is 0.478. The van der Waals surface area contributed by atoms with Crippen molar-refractivity contribution in [1.82, 2.24) is 9.80 Å². The average Bonchev–Trinajstić information content (AvgIpc) is 3.33. The molecule has 1 aliphatic heterocycles. The number of carboxylic acid groups (broad SMARTS) is 2. The molecule has 3 rings (SSSR count). The highest BCUT2D eigenvalue weighted by atomic mass is 16.5. The van der Waals surface area contributed by atoms with Crippen molar-refractivity contribution < 1.29 is 29.3 Å². The van der Waals surface area contributed by atoms with E-state index in [1.165, 1.54) is 32.4 Å². The molecule has 31 heavy (non-hydrogen) atoms. The van der Waals surface area contributed by atoms with Crippen molar-refractivity contribution in [2.24, 2.45) is 11.8 Å². The molecule has 0 spiro atoms. The van der Waals surface area contributed by atoms with Crippen molar-refractivity contribution in [1.29, 1.82) is 0 Å². The Kier molecular flexibility index (Phi) is 9.78. The van der Waals surface area contributed by atoms with Crippen LogP contribution in [0.2, 0.25) is 0 Å². The van der Waals surface area contributed by atoms with Crippen molar-refractivity contribution in [3.05, 3.63) is 29.8 Å². The average molecular weight is 435 g/mol. The van der Waals surface area contributed by atoms with E-state index in [9.17, 15) is 4.79 Å². The highest BCUT2D eigenvalue weighted by Crippen LogP contribution is 2.37. The molecule has 1 saturated heterocycles. The maximum Gasteiger partial charge on any atom is 0.414 e. The Morgan fingerprint density at radius 3 is 2.16 bits per heavy atom. The van der Waals surface area contributed by atoms with E-state index in [2.05, 4.69) is 11.8 Å². The second-order valence-electron chi connectivity index (χ2n) is 8.27. The molecule has 0 bridgehead atoms. The van der Waals surface area contributed by atoms with Crippen molar-refractivity contribution in [3.8, 4) is 5.75 Å². The largest absolute Gasteiger partial charge is 0.494 e. The molecule has 172 valence electrons. The van der Waals surface area contributed by atoms with E-state index < -0.39 is 11.9 Å². The zero-order valence-electron chi connectivity index (χ0n) is 18.5. The van der Waals surface area contributed by atoms with Crippen LogP contribution in [0.1, 0.15) is 49.4 Å². The number of amides is 1. The van der Waals surface area contributed by atoms with Gasteiger partial charge in [-0.2, -0.15) is 0 Å². The van der Waals surface area contributed by atoms with E-state index in [-0.39, 0.29) is 5.91 Å². The van der Waals surface area contributed by atoms with E-state index in [1.54, 1.807) is 4.90 Å². The van der Waals surface area contributed by atoms with Gasteiger partial charge in [-0.05, 0) is 61.8 Å². The summed E-state index contributed by atoms with van der Waals surface area (Å²) in [5, 5.41) is 14.8. The molecule has 0 aromatic heterocycles. The third kappa shape index (κ3) is 7.86. The molecule has 1 saturated carbocycles. The standard InChI is InChI=1S/C21H32N2O2.C2H2O4/c1-3-12-22(2)21(24)17-8-10-20(11-9-17)25-14-5-13-23-15-18-6-4-7-19(18)16-23;3-1(4)2(5)6/h8-11,18-19H,3-7,12-16H2,1-2H3;(H,3,4)(H,5,6). The molecule has 2 fully saturated rings. The second kappa shape index (κ2) is 12.3. The molecule has 1 aliphatic carbocycles. The van der Waals surface area contributed by atoms with E-state index in [0.29, 0.717) is 0 Å². The van der Waals surface area contributed by atoms with Gasteiger partial charge in [0.1, 0.15) is 5.75 Å². The Bertz CT molecular complexity index is 712. The number of rotatable bonds is 8. The first-order valence-electron chi connectivity index (χ1n) is 11.0. The second-order valence-corrected chi connectivity index (χ2v) is 8.27. The van der Waals surface area contributed by atoms with Crippen LogP contribution in [-0.2, 0) is 9.59 Å². The van der Waals surface area contributed by atoms with Crippen molar-refractivity contribution in [3.63, 3.8) is 0 Å². The van der Waals surface area contributed by atoms with Gasteiger partial charge < -0.3 is 24.7 Å². The fourth-order valence-electron chi connectivity index (χ4n) is 4.34. The maximum atomic E-state index is 12.2. The van der Waals surface area contributed by atoms with Gasteiger partial charge in [0.05, 0.1) is 6.61 Å². The fourth-order valence-corrected chi connectivity index (χ4v) is 4.34. The van der Waals surface area contributed by atoms with Crippen LogP contribution in [0.15, 0.2) is 24.3 Å². The van der Waals surface area contributed by atoms with Crippen LogP contribution in [0.25, 0.3) is 0 Å². The van der Waals surface area contributed by atoms with Gasteiger partial charge in [-0.25, -0.2) is 9.59 Å². The number of carboxylic acids is 2. The molecule has 1 aromatic carbocycles. The first-order chi connectivity index (χ1) is 14.8. The number of fused-ring (bicyclic) bond motifs is 1. The molecular weight excluding hydrogens is 400 g/mol.